The Bertz CT molecular complexity index is 787. The van der Waals surface area contributed by atoms with Gasteiger partial charge in [-0.15, -0.1) is 0 Å². The number of benzene rings is 2. The summed E-state index contributed by atoms with van der Waals surface area (Å²) in [5.41, 5.74) is 3.95. The van der Waals surface area contributed by atoms with Crippen molar-refractivity contribution in [1.29, 1.82) is 0 Å². The Morgan fingerprint density at radius 2 is 1.77 bits per heavy atom. The summed E-state index contributed by atoms with van der Waals surface area (Å²) in [4.78, 5) is 25.8. The third kappa shape index (κ3) is 5.92. The first kappa shape index (κ1) is 19.5. The minimum Gasteiger partial charge on any atom is -0.493 e. The standard InChI is InChI=1S/C21H26N2O3/c1-15-6-5-7-18(12-15)26-11-10-21(25)23(4)14-20(24)22-19-13-16(2)8-9-17(19)3/h5-9,12-13H,10-11,14H2,1-4H3,(H,22,24). The molecular weight excluding hydrogens is 328 g/mol. The second-order valence-corrected chi connectivity index (χ2v) is 6.53. The van der Waals surface area contributed by atoms with Crippen LogP contribution in [-0.4, -0.2) is 36.9 Å². The average Bonchev–Trinajstić information content (AvgIpc) is 2.58. The molecule has 5 nitrogen and oxygen atoms in total. The number of ether oxygens (including phenoxy) is 1. The number of carbonyl (C=O) groups excluding carboxylic acids is 2. The molecule has 0 atom stereocenters. The topological polar surface area (TPSA) is 58.6 Å². The normalized spacial score (nSPS) is 10.3. The molecule has 1 N–H and O–H groups in total. The molecule has 138 valence electrons. The first-order valence-electron chi connectivity index (χ1n) is 8.65. The summed E-state index contributed by atoms with van der Waals surface area (Å²) in [6, 6.07) is 13.6. The molecule has 5 heteroatoms. The maximum absolute atomic E-state index is 12.2. The summed E-state index contributed by atoms with van der Waals surface area (Å²) in [5, 5.41) is 2.86. The van der Waals surface area contributed by atoms with Gasteiger partial charge in [-0.1, -0.05) is 24.3 Å². The zero-order valence-corrected chi connectivity index (χ0v) is 15.8. The predicted molar refractivity (Wildman–Crippen MR) is 103 cm³/mol. The summed E-state index contributed by atoms with van der Waals surface area (Å²) in [6.45, 7) is 6.19. The van der Waals surface area contributed by atoms with Crippen molar-refractivity contribution in [1.82, 2.24) is 4.90 Å². The van der Waals surface area contributed by atoms with Gasteiger partial charge in [0, 0.05) is 12.7 Å². The summed E-state index contributed by atoms with van der Waals surface area (Å²) in [5.74, 6) is 0.399. The van der Waals surface area contributed by atoms with Crippen molar-refractivity contribution in [3.8, 4) is 5.75 Å². The second kappa shape index (κ2) is 9.04. The fraction of sp³-hybridized carbons (Fsp3) is 0.333. The van der Waals surface area contributed by atoms with Gasteiger partial charge in [0.25, 0.3) is 0 Å². The van der Waals surface area contributed by atoms with E-state index in [-0.39, 0.29) is 31.4 Å². The Labute approximate surface area is 155 Å². The van der Waals surface area contributed by atoms with Crippen LogP contribution < -0.4 is 10.1 Å². The highest BCUT2D eigenvalue weighted by atomic mass is 16.5. The van der Waals surface area contributed by atoms with Crippen LogP contribution in [0.2, 0.25) is 0 Å². The largest absolute Gasteiger partial charge is 0.493 e. The van der Waals surface area contributed by atoms with E-state index in [1.807, 2.05) is 63.2 Å². The average molecular weight is 354 g/mol. The molecular formula is C21H26N2O3. The van der Waals surface area contributed by atoms with E-state index in [0.29, 0.717) is 0 Å². The molecule has 0 aliphatic heterocycles. The number of hydrogen-bond donors (Lipinski definition) is 1. The maximum Gasteiger partial charge on any atom is 0.243 e. The van der Waals surface area contributed by atoms with Crippen LogP contribution in [-0.2, 0) is 9.59 Å². The highest BCUT2D eigenvalue weighted by Gasteiger charge is 2.14. The Kier molecular flexibility index (Phi) is 6.78. The number of likely N-dealkylation sites (N-methyl/N-ethyl adjacent to an activating group) is 1. The minimum absolute atomic E-state index is 0.0106. The van der Waals surface area contributed by atoms with E-state index in [1.54, 1.807) is 7.05 Å². The summed E-state index contributed by atoms with van der Waals surface area (Å²) in [6.07, 6.45) is 0.223. The minimum atomic E-state index is -0.214. The molecule has 0 saturated carbocycles. The Hall–Kier alpha value is -2.82. The molecule has 2 amide bonds. The van der Waals surface area contributed by atoms with Crippen LogP contribution >= 0.6 is 0 Å². The van der Waals surface area contributed by atoms with Gasteiger partial charge in [0.2, 0.25) is 11.8 Å². The van der Waals surface area contributed by atoms with Gasteiger partial charge in [-0.25, -0.2) is 0 Å². The molecule has 2 rings (SSSR count). The van der Waals surface area contributed by atoms with Crippen molar-refractivity contribution < 1.29 is 14.3 Å². The van der Waals surface area contributed by atoms with Gasteiger partial charge in [-0.3, -0.25) is 9.59 Å². The number of nitrogens with zero attached hydrogens (tertiary/aromatic N) is 1. The number of hydrogen-bond acceptors (Lipinski definition) is 3. The van der Waals surface area contributed by atoms with Crippen molar-refractivity contribution in [3.05, 3.63) is 59.2 Å². The first-order valence-corrected chi connectivity index (χ1v) is 8.65. The molecule has 0 aliphatic rings. The zero-order valence-electron chi connectivity index (χ0n) is 15.8. The van der Waals surface area contributed by atoms with Crippen molar-refractivity contribution in [3.63, 3.8) is 0 Å². The van der Waals surface area contributed by atoms with Crippen LogP contribution in [0.4, 0.5) is 5.69 Å². The molecule has 0 heterocycles. The molecule has 0 unspecified atom stereocenters. The molecule has 0 fully saturated rings. The van der Waals surface area contributed by atoms with Crippen LogP contribution in [0.1, 0.15) is 23.1 Å². The third-order valence-corrected chi connectivity index (χ3v) is 4.05. The van der Waals surface area contributed by atoms with E-state index in [2.05, 4.69) is 5.32 Å². The van der Waals surface area contributed by atoms with Gasteiger partial charge in [-0.05, 0) is 55.7 Å². The number of nitrogens with one attached hydrogen (secondary N) is 1. The highest BCUT2D eigenvalue weighted by molar-refractivity contribution is 5.95. The molecule has 0 radical (unpaired) electrons. The van der Waals surface area contributed by atoms with Gasteiger partial charge in [0.15, 0.2) is 0 Å². The van der Waals surface area contributed by atoms with Gasteiger partial charge < -0.3 is 15.0 Å². The van der Waals surface area contributed by atoms with Gasteiger partial charge in [0.1, 0.15) is 5.75 Å². The zero-order chi connectivity index (χ0) is 19.1. The molecule has 0 aromatic heterocycles. The maximum atomic E-state index is 12.2. The Morgan fingerprint density at radius 1 is 1.04 bits per heavy atom. The highest BCUT2D eigenvalue weighted by Crippen LogP contribution is 2.16. The van der Waals surface area contributed by atoms with Crippen LogP contribution in [0.15, 0.2) is 42.5 Å². The lowest BCUT2D eigenvalue weighted by molar-refractivity contribution is -0.133. The van der Waals surface area contributed by atoms with Crippen LogP contribution in [0, 0.1) is 20.8 Å². The lowest BCUT2D eigenvalue weighted by Crippen LogP contribution is -2.35. The van der Waals surface area contributed by atoms with Crippen molar-refractivity contribution in [2.45, 2.75) is 27.2 Å². The van der Waals surface area contributed by atoms with E-state index in [0.717, 1.165) is 28.1 Å². The Morgan fingerprint density at radius 3 is 2.50 bits per heavy atom. The molecule has 2 aromatic carbocycles. The molecule has 0 bridgehead atoms. The summed E-state index contributed by atoms with van der Waals surface area (Å²) in [7, 11) is 1.62. The fourth-order valence-electron chi connectivity index (χ4n) is 2.52. The first-order chi connectivity index (χ1) is 12.3. The Balaban J connectivity index is 1.78. The van der Waals surface area contributed by atoms with Gasteiger partial charge in [0.05, 0.1) is 19.6 Å². The lowest BCUT2D eigenvalue weighted by Gasteiger charge is -2.18. The number of anilines is 1. The predicted octanol–water partition coefficient (Wildman–Crippen LogP) is 3.48. The van der Waals surface area contributed by atoms with E-state index in [9.17, 15) is 9.59 Å². The smallest absolute Gasteiger partial charge is 0.243 e. The van der Waals surface area contributed by atoms with E-state index in [1.165, 1.54) is 4.90 Å². The lowest BCUT2D eigenvalue weighted by atomic mass is 10.1. The van der Waals surface area contributed by atoms with Gasteiger partial charge >= 0.3 is 0 Å². The van der Waals surface area contributed by atoms with Crippen molar-refractivity contribution >= 4 is 17.5 Å². The molecule has 26 heavy (non-hydrogen) atoms. The number of amides is 2. The second-order valence-electron chi connectivity index (χ2n) is 6.53. The van der Waals surface area contributed by atoms with Crippen molar-refractivity contribution in [2.24, 2.45) is 0 Å². The van der Waals surface area contributed by atoms with Crippen molar-refractivity contribution in [2.75, 3.05) is 25.5 Å². The molecule has 0 aliphatic carbocycles. The van der Waals surface area contributed by atoms with Gasteiger partial charge in [-0.2, -0.15) is 0 Å². The summed E-state index contributed by atoms with van der Waals surface area (Å²) >= 11 is 0. The number of carbonyl (C=O) groups is 2. The molecule has 0 spiro atoms. The monoisotopic (exact) mass is 354 g/mol. The SMILES string of the molecule is Cc1cccc(OCCC(=O)N(C)CC(=O)Nc2cc(C)ccc2C)c1. The number of rotatable bonds is 7. The van der Waals surface area contributed by atoms with E-state index in [4.69, 9.17) is 4.74 Å². The fourth-order valence-corrected chi connectivity index (χ4v) is 2.52. The van der Waals surface area contributed by atoms with Crippen LogP contribution in [0.5, 0.6) is 5.75 Å². The van der Waals surface area contributed by atoms with Crippen LogP contribution in [0.3, 0.4) is 0 Å². The number of aryl methyl sites for hydroxylation is 3. The summed E-state index contributed by atoms with van der Waals surface area (Å²) < 4.78 is 5.59. The van der Waals surface area contributed by atoms with E-state index >= 15 is 0 Å². The molecule has 2 aromatic rings. The van der Waals surface area contributed by atoms with Crippen LogP contribution in [0.25, 0.3) is 0 Å². The quantitative estimate of drug-likeness (QED) is 0.828. The third-order valence-electron chi connectivity index (χ3n) is 4.05. The molecule has 0 saturated heterocycles. The van der Waals surface area contributed by atoms with E-state index < -0.39 is 0 Å².